The lowest BCUT2D eigenvalue weighted by molar-refractivity contribution is -0.835. The Kier molecular flexibility index (Phi) is 6.02. The lowest BCUT2D eigenvalue weighted by Gasteiger charge is -2.53. The lowest BCUT2D eigenvalue weighted by atomic mass is 9.84. The van der Waals surface area contributed by atoms with Gasteiger partial charge in [-0.05, 0) is 23.8 Å². The van der Waals surface area contributed by atoms with Gasteiger partial charge < -0.3 is 21.7 Å². The number of thioether (sulfide) groups is 2. The zero-order valence-electron chi connectivity index (χ0n) is 16.7. The van der Waals surface area contributed by atoms with Crippen LogP contribution in [0.5, 0.6) is 5.75 Å². The SMILES string of the molecule is C[N+]12C(=O)[C@@H](c3cc(C(N)C(N)=O)ccc3O)[C@@H]1SC(CSc1nncs1)C=C2C(=O)O. The number of carbonyl (C=O) groups excluding carboxylic acids is 2. The van der Waals surface area contributed by atoms with Crippen LogP contribution in [0.1, 0.15) is 23.1 Å². The van der Waals surface area contributed by atoms with Crippen molar-refractivity contribution in [3.05, 3.63) is 46.6 Å². The smallest absolute Gasteiger partial charge is 0.390 e. The first-order chi connectivity index (χ1) is 15.1. The fourth-order valence-corrected chi connectivity index (χ4v) is 7.32. The summed E-state index contributed by atoms with van der Waals surface area (Å²) in [7, 11) is 1.57. The summed E-state index contributed by atoms with van der Waals surface area (Å²) in [6, 6.07) is 3.26. The van der Waals surface area contributed by atoms with E-state index >= 15 is 0 Å². The van der Waals surface area contributed by atoms with Crippen LogP contribution in [0.15, 0.2) is 39.8 Å². The first-order valence-corrected chi connectivity index (χ1v) is 12.2. The first-order valence-electron chi connectivity index (χ1n) is 9.43. The maximum Gasteiger partial charge on any atom is 0.390 e. The monoisotopic (exact) mass is 494 g/mol. The second-order valence-corrected chi connectivity index (χ2v) is 11.0. The number of aromatic hydroxyl groups is 1. The van der Waals surface area contributed by atoms with Crippen molar-refractivity contribution in [3.8, 4) is 5.75 Å². The predicted molar refractivity (Wildman–Crippen MR) is 120 cm³/mol. The molecule has 2 aromatic rings. The van der Waals surface area contributed by atoms with Gasteiger partial charge in [0.1, 0.15) is 17.3 Å². The zero-order valence-corrected chi connectivity index (χ0v) is 19.2. The maximum atomic E-state index is 13.3. The standard InChI is InChI=1S/C19H19N5O5S3/c1-24-11(18(28)29)5-9(6-30-19-23-22-7-31-19)32-17(24)13(16(24)27)10-4-8(2-3-12(10)25)14(20)15(21)26/h2-5,7,9,13-14,17H,6,20H2,1H3,(H3-,21,25,26,28,29)/p+1/t9?,13-,14?,17+,24?/m1/s1. The first kappa shape index (κ1) is 22.7. The molecular formula is C19H20N5O5S3+. The number of aliphatic carboxylic acids is 1. The van der Waals surface area contributed by atoms with Gasteiger partial charge in [-0.3, -0.25) is 4.79 Å². The summed E-state index contributed by atoms with van der Waals surface area (Å²) in [6.45, 7) is 0. The fourth-order valence-electron chi connectivity index (χ4n) is 3.96. The van der Waals surface area contributed by atoms with Gasteiger partial charge in [0.05, 0.1) is 7.05 Å². The number of likely N-dealkylation sites (N-methyl/N-ethyl adjacent to an activating group) is 1. The number of phenolic OH excluding ortho intramolecular Hbond substituents is 1. The molecule has 0 saturated carbocycles. The topological polar surface area (TPSA) is 169 Å². The Morgan fingerprint density at radius 1 is 1.38 bits per heavy atom. The minimum Gasteiger partial charge on any atom is -0.508 e. The molecule has 2 aliphatic heterocycles. The number of carbonyl (C=O) groups is 3. The van der Waals surface area contributed by atoms with Crippen LogP contribution in [0, 0.1) is 0 Å². The number of primary amides is 1. The number of phenols is 1. The summed E-state index contributed by atoms with van der Waals surface area (Å²) in [5.74, 6) is -2.59. The van der Waals surface area contributed by atoms with E-state index in [0.29, 0.717) is 16.9 Å². The molecule has 3 heterocycles. The maximum absolute atomic E-state index is 13.3. The van der Waals surface area contributed by atoms with Gasteiger partial charge in [0.2, 0.25) is 11.6 Å². The van der Waals surface area contributed by atoms with E-state index in [1.807, 2.05) is 0 Å². The van der Waals surface area contributed by atoms with Gasteiger partial charge in [0.15, 0.2) is 15.6 Å². The van der Waals surface area contributed by atoms with E-state index in [1.165, 1.54) is 53.1 Å². The van der Waals surface area contributed by atoms with Gasteiger partial charge >= 0.3 is 11.9 Å². The third kappa shape index (κ3) is 3.69. The number of amides is 2. The Bertz CT molecular complexity index is 1120. The number of nitrogens with zero attached hydrogens (tertiary/aromatic N) is 3. The zero-order chi connectivity index (χ0) is 23.2. The Hall–Kier alpha value is -2.45. The highest BCUT2D eigenvalue weighted by Gasteiger charge is 2.68. The second-order valence-electron chi connectivity index (χ2n) is 7.53. The minimum absolute atomic E-state index is 0.00217. The number of carboxylic acids is 1. The number of β-lactam (4-membered cyclic amide) rings is 1. The van der Waals surface area contributed by atoms with Gasteiger partial charge in [-0.1, -0.05) is 40.9 Å². The van der Waals surface area contributed by atoms with E-state index in [4.69, 9.17) is 11.5 Å². The summed E-state index contributed by atoms with van der Waals surface area (Å²) in [5.41, 5.74) is 13.4. The predicted octanol–water partition coefficient (Wildman–Crippen LogP) is 1.00. The van der Waals surface area contributed by atoms with E-state index in [0.717, 1.165) is 4.34 Å². The van der Waals surface area contributed by atoms with Crippen molar-refractivity contribution >= 4 is 52.6 Å². The third-order valence-corrected chi connectivity index (χ3v) is 9.47. The molecule has 13 heteroatoms. The molecule has 2 aliphatic rings. The number of fused-ring (bicyclic) bond motifs is 1. The van der Waals surface area contributed by atoms with Gasteiger partial charge in [0.25, 0.3) is 0 Å². The molecule has 0 aliphatic carbocycles. The average Bonchev–Trinajstić information content (AvgIpc) is 3.28. The number of hydrogen-bond donors (Lipinski definition) is 4. The number of quaternary nitrogens is 1. The van der Waals surface area contributed by atoms with Crippen LogP contribution in [0.3, 0.4) is 0 Å². The molecule has 168 valence electrons. The van der Waals surface area contributed by atoms with Crippen molar-refractivity contribution in [3.63, 3.8) is 0 Å². The summed E-state index contributed by atoms with van der Waals surface area (Å²) >= 11 is 4.33. The highest BCUT2D eigenvalue weighted by Crippen LogP contribution is 2.55. The van der Waals surface area contributed by atoms with Gasteiger partial charge in [-0.15, -0.1) is 10.2 Å². The minimum atomic E-state index is -1.16. The van der Waals surface area contributed by atoms with E-state index < -0.39 is 29.2 Å². The number of hydrogen-bond acceptors (Lipinski definition) is 10. The normalized spacial score (nSPS) is 27.8. The molecule has 5 atom stereocenters. The largest absolute Gasteiger partial charge is 0.508 e. The van der Waals surface area contributed by atoms with Crippen LogP contribution < -0.4 is 11.5 Å². The molecule has 4 rings (SSSR count). The second kappa shape index (κ2) is 8.48. The van der Waals surface area contributed by atoms with Crippen molar-refractivity contribution < 1.29 is 29.1 Å². The molecule has 6 N–H and O–H groups in total. The quantitative estimate of drug-likeness (QED) is 0.247. The van der Waals surface area contributed by atoms with Crippen LogP contribution in [-0.2, 0) is 14.4 Å². The van der Waals surface area contributed by atoms with Crippen LogP contribution in [0.25, 0.3) is 0 Å². The van der Waals surface area contributed by atoms with Crippen LogP contribution in [0.2, 0.25) is 0 Å². The van der Waals surface area contributed by atoms with E-state index in [2.05, 4.69) is 10.2 Å². The molecule has 0 radical (unpaired) electrons. The Morgan fingerprint density at radius 2 is 2.12 bits per heavy atom. The Labute approximate surface area is 195 Å². The van der Waals surface area contributed by atoms with Crippen LogP contribution >= 0.6 is 34.9 Å². The van der Waals surface area contributed by atoms with Crippen molar-refractivity contribution in [2.24, 2.45) is 11.5 Å². The summed E-state index contributed by atoms with van der Waals surface area (Å²) < 4.78 is 0.390. The highest BCUT2D eigenvalue weighted by molar-refractivity contribution is 8.04. The lowest BCUT2D eigenvalue weighted by Crippen LogP contribution is -2.71. The average molecular weight is 495 g/mol. The van der Waals surface area contributed by atoms with Crippen molar-refractivity contribution in [2.45, 2.75) is 26.9 Å². The van der Waals surface area contributed by atoms with E-state index in [-0.39, 0.29) is 27.1 Å². The molecule has 1 fully saturated rings. The number of benzene rings is 1. The molecule has 3 unspecified atom stereocenters. The summed E-state index contributed by atoms with van der Waals surface area (Å²) in [6.07, 6.45) is 1.62. The van der Waals surface area contributed by atoms with E-state index in [1.54, 1.807) is 18.6 Å². The van der Waals surface area contributed by atoms with Crippen LogP contribution in [0.4, 0.5) is 0 Å². The highest BCUT2D eigenvalue weighted by atomic mass is 32.2. The molecule has 0 bridgehead atoms. The summed E-state index contributed by atoms with van der Waals surface area (Å²) in [4.78, 5) is 36.8. The van der Waals surface area contributed by atoms with Crippen molar-refractivity contribution in [1.29, 1.82) is 0 Å². The van der Waals surface area contributed by atoms with Crippen LogP contribution in [-0.4, -0.2) is 66.1 Å². The Morgan fingerprint density at radius 3 is 2.75 bits per heavy atom. The molecule has 10 nitrogen and oxygen atoms in total. The molecular weight excluding hydrogens is 474 g/mol. The Balaban J connectivity index is 1.67. The summed E-state index contributed by atoms with van der Waals surface area (Å²) in [5, 5.41) is 27.4. The van der Waals surface area contributed by atoms with E-state index in [9.17, 15) is 24.6 Å². The number of rotatable bonds is 7. The van der Waals surface area contributed by atoms with Gasteiger partial charge in [0, 0.05) is 16.6 Å². The molecule has 1 saturated heterocycles. The number of carboxylic acid groups (broad SMARTS) is 1. The van der Waals surface area contributed by atoms with Gasteiger partial charge in [-0.25, -0.2) is 14.1 Å². The molecule has 1 aromatic carbocycles. The molecule has 2 amide bonds. The van der Waals surface area contributed by atoms with Crippen molar-refractivity contribution in [1.82, 2.24) is 10.2 Å². The van der Waals surface area contributed by atoms with Gasteiger partial charge in [-0.2, -0.15) is 0 Å². The number of aromatic nitrogens is 2. The molecule has 32 heavy (non-hydrogen) atoms. The number of nitrogens with two attached hydrogens (primary N) is 2. The fraction of sp³-hybridized carbons (Fsp3) is 0.316. The van der Waals surface area contributed by atoms with Crippen molar-refractivity contribution in [2.75, 3.05) is 12.8 Å². The molecule has 0 spiro atoms. The third-order valence-electron chi connectivity index (χ3n) is 5.66. The molecule has 1 aromatic heterocycles.